The van der Waals surface area contributed by atoms with E-state index in [0.29, 0.717) is 12.8 Å². The van der Waals surface area contributed by atoms with Crippen molar-refractivity contribution >= 4 is 26.7 Å². The van der Waals surface area contributed by atoms with Crippen LogP contribution in [0.1, 0.15) is 37.7 Å². The van der Waals surface area contributed by atoms with Crippen molar-refractivity contribution in [2.45, 2.75) is 56.7 Å². The molecule has 0 radical (unpaired) electrons. The molecule has 144 valence electrons. The predicted octanol–water partition coefficient (Wildman–Crippen LogP) is 2.84. The van der Waals surface area contributed by atoms with Crippen LogP contribution in [0.5, 0.6) is 0 Å². The number of nitrogens with zero attached hydrogens (tertiary/aromatic N) is 1. The van der Waals surface area contributed by atoms with Crippen molar-refractivity contribution in [3.8, 4) is 0 Å². The van der Waals surface area contributed by atoms with Gasteiger partial charge in [0.2, 0.25) is 15.9 Å². The summed E-state index contributed by atoms with van der Waals surface area (Å²) in [5.41, 5.74) is 1.19. The van der Waals surface area contributed by atoms with Gasteiger partial charge in [0.05, 0.1) is 6.26 Å². The van der Waals surface area contributed by atoms with Crippen molar-refractivity contribution in [3.63, 3.8) is 0 Å². The maximum atomic E-state index is 12.5. The monoisotopic (exact) mass is 386 g/mol. The molecule has 27 heavy (non-hydrogen) atoms. The molecule has 1 N–H and O–H groups in total. The molecule has 2 saturated heterocycles. The second-order valence-corrected chi connectivity index (χ2v) is 9.74. The molecule has 2 unspecified atom stereocenters. The Balaban J connectivity index is 1.35. The zero-order valence-corrected chi connectivity index (χ0v) is 16.4. The summed E-state index contributed by atoms with van der Waals surface area (Å²) >= 11 is 0. The van der Waals surface area contributed by atoms with Gasteiger partial charge in [0.15, 0.2) is 0 Å². The lowest BCUT2D eigenvalue weighted by atomic mass is 9.98. The van der Waals surface area contributed by atoms with Crippen LogP contribution in [0.15, 0.2) is 42.5 Å². The second-order valence-electron chi connectivity index (χ2n) is 7.85. The molecule has 4 rings (SSSR count). The molecule has 0 saturated carbocycles. The molecule has 1 amide bonds. The molecule has 2 aliphatic rings. The molecule has 5 nitrogen and oxygen atoms in total. The molecule has 0 aromatic heterocycles. The van der Waals surface area contributed by atoms with E-state index in [4.69, 9.17) is 0 Å². The standard InChI is InChI=1S/C21H26N2O3S/c1-27(25,26)23-18-10-11-19(23)14-17(13-18)22-21(24)12-9-16-7-4-6-15-5-2-3-8-20(15)16/h2-8,17-19H,9-14H2,1H3,(H,22,24). The molecule has 2 atom stereocenters. The van der Waals surface area contributed by atoms with Crippen molar-refractivity contribution in [3.05, 3.63) is 48.0 Å². The summed E-state index contributed by atoms with van der Waals surface area (Å²) in [5, 5.41) is 5.55. The Morgan fingerprint density at radius 3 is 2.44 bits per heavy atom. The third-order valence-corrected chi connectivity index (χ3v) is 7.28. The van der Waals surface area contributed by atoms with E-state index in [1.54, 1.807) is 4.31 Å². The van der Waals surface area contributed by atoms with E-state index in [1.807, 2.05) is 18.2 Å². The van der Waals surface area contributed by atoms with E-state index in [2.05, 4.69) is 29.6 Å². The fourth-order valence-corrected chi connectivity index (χ4v) is 6.32. The molecule has 2 aromatic carbocycles. The smallest absolute Gasteiger partial charge is 0.220 e. The summed E-state index contributed by atoms with van der Waals surface area (Å²) < 4.78 is 25.6. The highest BCUT2D eigenvalue weighted by molar-refractivity contribution is 7.88. The van der Waals surface area contributed by atoms with Crippen molar-refractivity contribution in [1.29, 1.82) is 0 Å². The number of hydrogen-bond donors (Lipinski definition) is 1. The zero-order chi connectivity index (χ0) is 19.0. The Morgan fingerprint density at radius 1 is 1.07 bits per heavy atom. The third kappa shape index (κ3) is 3.87. The first-order valence-electron chi connectivity index (χ1n) is 9.66. The SMILES string of the molecule is CS(=O)(=O)N1C2CCC1CC(NC(=O)CCc1cccc3ccccc13)C2. The number of piperidine rings is 1. The number of rotatable bonds is 5. The van der Waals surface area contributed by atoms with Crippen LogP contribution in [-0.2, 0) is 21.2 Å². The molecule has 2 fully saturated rings. The van der Waals surface area contributed by atoms with Crippen molar-refractivity contribution in [1.82, 2.24) is 9.62 Å². The summed E-state index contributed by atoms with van der Waals surface area (Å²) in [6.07, 6.45) is 5.71. The average Bonchev–Trinajstić information content (AvgIpc) is 2.92. The number of sulfonamides is 1. The normalized spacial score (nSPS) is 25.6. The van der Waals surface area contributed by atoms with Crippen molar-refractivity contribution in [2.24, 2.45) is 0 Å². The van der Waals surface area contributed by atoms with Crippen molar-refractivity contribution in [2.75, 3.05) is 6.26 Å². The summed E-state index contributed by atoms with van der Waals surface area (Å²) in [7, 11) is -3.16. The van der Waals surface area contributed by atoms with Crippen LogP contribution < -0.4 is 5.32 Å². The highest BCUT2D eigenvalue weighted by Gasteiger charge is 2.45. The zero-order valence-electron chi connectivity index (χ0n) is 15.6. The molecule has 2 aliphatic heterocycles. The molecule has 6 heteroatoms. The number of benzene rings is 2. The number of hydrogen-bond acceptors (Lipinski definition) is 3. The minimum Gasteiger partial charge on any atom is -0.353 e. The number of carbonyl (C=O) groups is 1. The van der Waals surface area contributed by atoms with Crippen LogP contribution in [0.3, 0.4) is 0 Å². The minimum absolute atomic E-state index is 0.0436. The molecular formula is C21H26N2O3S. The second kappa shape index (κ2) is 7.24. The predicted molar refractivity (Wildman–Crippen MR) is 107 cm³/mol. The quantitative estimate of drug-likeness (QED) is 0.859. The van der Waals surface area contributed by atoms with Crippen LogP contribution in [-0.4, -0.2) is 43.0 Å². The lowest BCUT2D eigenvalue weighted by Gasteiger charge is -2.37. The maximum Gasteiger partial charge on any atom is 0.220 e. The van der Waals surface area contributed by atoms with Crippen molar-refractivity contribution < 1.29 is 13.2 Å². The Morgan fingerprint density at radius 2 is 1.74 bits per heavy atom. The van der Waals surface area contributed by atoms with Crippen LogP contribution in [0.2, 0.25) is 0 Å². The van der Waals surface area contributed by atoms with Gasteiger partial charge in [0.25, 0.3) is 0 Å². The van der Waals surface area contributed by atoms with E-state index in [-0.39, 0.29) is 24.0 Å². The molecule has 0 spiro atoms. The molecule has 2 aromatic rings. The van der Waals surface area contributed by atoms with Gasteiger partial charge in [-0.2, -0.15) is 4.31 Å². The van der Waals surface area contributed by atoms with Gasteiger partial charge in [-0.05, 0) is 48.4 Å². The van der Waals surface area contributed by atoms with Gasteiger partial charge >= 0.3 is 0 Å². The van der Waals surface area contributed by atoms with Gasteiger partial charge in [-0.1, -0.05) is 42.5 Å². The van der Waals surface area contributed by atoms with Crippen LogP contribution >= 0.6 is 0 Å². The lowest BCUT2D eigenvalue weighted by Crippen LogP contribution is -2.52. The van der Waals surface area contributed by atoms with Gasteiger partial charge in [-0.25, -0.2) is 8.42 Å². The highest BCUT2D eigenvalue weighted by Crippen LogP contribution is 2.37. The average molecular weight is 387 g/mol. The van der Waals surface area contributed by atoms with Gasteiger partial charge in [-0.15, -0.1) is 0 Å². The van der Waals surface area contributed by atoms with Crippen LogP contribution in [0, 0.1) is 0 Å². The summed E-state index contributed by atoms with van der Waals surface area (Å²) in [6, 6.07) is 14.6. The van der Waals surface area contributed by atoms with Gasteiger partial charge in [-0.3, -0.25) is 4.79 Å². The van der Waals surface area contributed by atoms with E-state index < -0.39 is 10.0 Å². The summed E-state index contributed by atoms with van der Waals surface area (Å²) in [6.45, 7) is 0. The minimum atomic E-state index is -3.16. The lowest BCUT2D eigenvalue weighted by molar-refractivity contribution is -0.122. The topological polar surface area (TPSA) is 66.5 Å². The molecule has 0 aliphatic carbocycles. The molecular weight excluding hydrogens is 360 g/mol. The largest absolute Gasteiger partial charge is 0.353 e. The first-order valence-corrected chi connectivity index (χ1v) is 11.5. The number of fused-ring (bicyclic) bond motifs is 3. The first-order chi connectivity index (χ1) is 12.9. The Bertz CT molecular complexity index is 938. The van der Waals surface area contributed by atoms with Gasteiger partial charge in [0.1, 0.15) is 0 Å². The summed E-state index contributed by atoms with van der Waals surface area (Å²) in [4.78, 5) is 12.5. The maximum absolute atomic E-state index is 12.5. The first kappa shape index (κ1) is 18.4. The van der Waals surface area contributed by atoms with Crippen LogP contribution in [0.25, 0.3) is 10.8 Å². The molecule has 2 bridgehead atoms. The fraction of sp³-hybridized carbons (Fsp3) is 0.476. The Kier molecular flexibility index (Phi) is 4.95. The van der Waals surface area contributed by atoms with E-state index in [0.717, 1.165) is 25.7 Å². The summed E-state index contributed by atoms with van der Waals surface area (Å²) in [5.74, 6) is 0.0557. The van der Waals surface area contributed by atoms with E-state index >= 15 is 0 Å². The highest BCUT2D eigenvalue weighted by atomic mass is 32.2. The number of aryl methyl sites for hydroxylation is 1. The Labute approximate surface area is 160 Å². The van der Waals surface area contributed by atoms with Crippen LogP contribution in [0.4, 0.5) is 0 Å². The number of carbonyl (C=O) groups excluding carboxylic acids is 1. The number of amides is 1. The van der Waals surface area contributed by atoms with E-state index in [1.165, 1.54) is 22.6 Å². The van der Waals surface area contributed by atoms with Gasteiger partial charge < -0.3 is 5.32 Å². The Hall–Kier alpha value is -1.92. The molecule has 2 heterocycles. The number of nitrogens with one attached hydrogen (secondary N) is 1. The fourth-order valence-electron chi connectivity index (χ4n) is 4.85. The third-order valence-electron chi connectivity index (χ3n) is 5.92. The van der Waals surface area contributed by atoms with Gasteiger partial charge in [0, 0.05) is 24.5 Å². The van der Waals surface area contributed by atoms with E-state index in [9.17, 15) is 13.2 Å².